The van der Waals surface area contributed by atoms with Gasteiger partial charge in [0.25, 0.3) is 0 Å². The van der Waals surface area contributed by atoms with Crippen molar-refractivity contribution in [2.45, 2.75) is 26.8 Å². The molecule has 3 N–H and O–H groups in total. The molecule has 1 heterocycles. The van der Waals surface area contributed by atoms with Crippen molar-refractivity contribution in [1.29, 1.82) is 0 Å². The Morgan fingerprint density at radius 2 is 1.95 bits per heavy atom. The molecule has 5 heteroatoms. The zero-order chi connectivity index (χ0) is 16.5. The SMILES string of the molecule is CC.CN(C)CCc1c[nH]c2ccc(CN(C)/N=C\N)cc12. The van der Waals surface area contributed by atoms with E-state index in [9.17, 15) is 0 Å². The largest absolute Gasteiger partial charge is 0.388 e. The monoisotopic (exact) mass is 303 g/mol. The fourth-order valence-corrected chi connectivity index (χ4v) is 2.29. The second-order valence-electron chi connectivity index (χ2n) is 5.33. The molecule has 122 valence electrons. The Bertz CT molecular complexity index is 586. The molecule has 0 saturated heterocycles. The van der Waals surface area contributed by atoms with Crippen molar-refractivity contribution in [3.8, 4) is 0 Å². The molecule has 0 amide bonds. The lowest BCUT2D eigenvalue weighted by molar-refractivity contribution is 0.348. The van der Waals surface area contributed by atoms with Gasteiger partial charge in [0, 0.05) is 30.7 Å². The number of hydrazone groups is 1. The zero-order valence-corrected chi connectivity index (χ0v) is 14.4. The quantitative estimate of drug-likeness (QED) is 0.490. The van der Waals surface area contributed by atoms with E-state index < -0.39 is 0 Å². The predicted octanol–water partition coefficient (Wildman–Crippen LogP) is 2.63. The number of fused-ring (bicyclic) bond motifs is 1. The second-order valence-corrected chi connectivity index (χ2v) is 5.33. The Morgan fingerprint density at radius 1 is 1.23 bits per heavy atom. The molecular weight excluding hydrogens is 274 g/mol. The number of nitrogens with zero attached hydrogens (tertiary/aromatic N) is 3. The molecule has 0 saturated carbocycles. The third kappa shape index (κ3) is 5.07. The highest BCUT2D eigenvalue weighted by atomic mass is 15.4. The first-order valence-corrected chi connectivity index (χ1v) is 7.79. The molecule has 22 heavy (non-hydrogen) atoms. The number of nitrogens with one attached hydrogen (secondary N) is 1. The number of likely N-dealkylation sites (N-methyl/N-ethyl adjacent to an activating group) is 1. The number of H-pyrrole nitrogens is 1. The number of nitrogens with two attached hydrogens (primary N) is 1. The molecule has 0 unspecified atom stereocenters. The van der Waals surface area contributed by atoms with Crippen LogP contribution < -0.4 is 5.73 Å². The standard InChI is InChI=1S/C15H23N5.C2H6/c1-19(2)7-6-13-9-17-15-5-4-12(8-14(13)15)10-20(3)18-11-16;1-2/h4-5,8-9,11,17H,6-7,10H2,1-3H3,(H2,16,18);1-2H3. The molecule has 1 aromatic heterocycles. The van der Waals surface area contributed by atoms with Gasteiger partial charge in [-0.05, 0) is 43.8 Å². The van der Waals surface area contributed by atoms with Crippen LogP contribution in [0.25, 0.3) is 10.9 Å². The minimum atomic E-state index is 0.752. The molecule has 0 bridgehead atoms. The average molecular weight is 303 g/mol. The highest BCUT2D eigenvalue weighted by molar-refractivity contribution is 5.83. The first-order chi connectivity index (χ1) is 10.6. The van der Waals surface area contributed by atoms with Crippen molar-refractivity contribution >= 4 is 17.2 Å². The van der Waals surface area contributed by atoms with Gasteiger partial charge in [-0.15, -0.1) is 0 Å². The zero-order valence-electron chi connectivity index (χ0n) is 14.4. The van der Waals surface area contributed by atoms with Crippen LogP contribution in [-0.4, -0.2) is 48.9 Å². The van der Waals surface area contributed by atoms with Crippen LogP contribution in [0.15, 0.2) is 29.5 Å². The summed E-state index contributed by atoms with van der Waals surface area (Å²) in [6.45, 7) is 5.80. The molecular formula is C17H29N5. The lowest BCUT2D eigenvalue weighted by Crippen LogP contribution is -2.15. The van der Waals surface area contributed by atoms with Crippen molar-refractivity contribution in [3.63, 3.8) is 0 Å². The maximum Gasteiger partial charge on any atom is 0.106 e. The molecule has 2 aromatic rings. The molecule has 0 radical (unpaired) electrons. The molecule has 2 rings (SSSR count). The number of aromatic amines is 1. The molecule has 0 spiro atoms. The Labute approximate surface area is 133 Å². The Kier molecular flexibility index (Phi) is 7.46. The summed E-state index contributed by atoms with van der Waals surface area (Å²) in [6.07, 6.45) is 4.48. The van der Waals surface area contributed by atoms with E-state index in [-0.39, 0.29) is 0 Å². The van der Waals surface area contributed by atoms with Crippen LogP contribution in [0.5, 0.6) is 0 Å². The number of benzene rings is 1. The summed E-state index contributed by atoms with van der Waals surface area (Å²) < 4.78 is 0. The minimum absolute atomic E-state index is 0.752. The van der Waals surface area contributed by atoms with Gasteiger partial charge in [-0.3, -0.25) is 5.01 Å². The van der Waals surface area contributed by atoms with Crippen LogP contribution in [0.2, 0.25) is 0 Å². The average Bonchev–Trinajstić information content (AvgIpc) is 2.90. The first kappa shape index (κ1) is 18.0. The van der Waals surface area contributed by atoms with Crippen molar-refractivity contribution in [2.24, 2.45) is 10.8 Å². The maximum absolute atomic E-state index is 5.31. The Balaban J connectivity index is 0.00000116. The summed E-state index contributed by atoms with van der Waals surface area (Å²) in [5, 5.41) is 7.17. The molecule has 1 aromatic carbocycles. The van der Waals surface area contributed by atoms with Crippen LogP contribution >= 0.6 is 0 Å². The minimum Gasteiger partial charge on any atom is -0.388 e. The van der Waals surface area contributed by atoms with E-state index in [1.807, 2.05) is 25.9 Å². The molecule has 0 aliphatic carbocycles. The molecule has 0 fully saturated rings. The lowest BCUT2D eigenvalue weighted by Gasteiger charge is -2.12. The number of hydrogen-bond donors (Lipinski definition) is 2. The summed E-state index contributed by atoms with van der Waals surface area (Å²) >= 11 is 0. The van der Waals surface area contributed by atoms with Crippen molar-refractivity contribution < 1.29 is 0 Å². The number of hydrogen-bond acceptors (Lipinski definition) is 3. The van der Waals surface area contributed by atoms with Gasteiger partial charge in [-0.1, -0.05) is 19.9 Å². The van der Waals surface area contributed by atoms with E-state index >= 15 is 0 Å². The van der Waals surface area contributed by atoms with Gasteiger partial charge in [-0.25, -0.2) is 0 Å². The smallest absolute Gasteiger partial charge is 0.106 e. The molecule has 0 aliphatic rings. The Morgan fingerprint density at radius 3 is 2.59 bits per heavy atom. The van der Waals surface area contributed by atoms with Crippen LogP contribution in [0, 0.1) is 0 Å². The van der Waals surface area contributed by atoms with Crippen molar-refractivity contribution in [1.82, 2.24) is 14.9 Å². The van der Waals surface area contributed by atoms with E-state index in [2.05, 4.69) is 53.5 Å². The summed E-state index contributed by atoms with van der Waals surface area (Å²) in [4.78, 5) is 5.54. The van der Waals surface area contributed by atoms with E-state index in [0.717, 1.165) is 19.5 Å². The van der Waals surface area contributed by atoms with Crippen LogP contribution in [0.4, 0.5) is 0 Å². The van der Waals surface area contributed by atoms with E-state index in [1.54, 1.807) is 0 Å². The van der Waals surface area contributed by atoms with E-state index in [1.165, 1.54) is 28.4 Å². The van der Waals surface area contributed by atoms with Gasteiger partial charge in [0.2, 0.25) is 0 Å². The summed E-state index contributed by atoms with van der Waals surface area (Å²) in [5.41, 5.74) is 9.09. The van der Waals surface area contributed by atoms with Gasteiger partial charge in [0.15, 0.2) is 0 Å². The third-order valence-corrected chi connectivity index (χ3v) is 3.34. The lowest BCUT2D eigenvalue weighted by atomic mass is 10.1. The topological polar surface area (TPSA) is 60.7 Å². The summed E-state index contributed by atoms with van der Waals surface area (Å²) in [5.74, 6) is 0. The van der Waals surface area contributed by atoms with Gasteiger partial charge in [-0.2, -0.15) is 5.10 Å². The Hall–Kier alpha value is -2.01. The molecule has 0 atom stereocenters. The number of rotatable bonds is 6. The molecule has 0 aliphatic heterocycles. The maximum atomic E-state index is 5.31. The van der Waals surface area contributed by atoms with Crippen LogP contribution in [0.3, 0.4) is 0 Å². The van der Waals surface area contributed by atoms with E-state index in [4.69, 9.17) is 5.73 Å². The summed E-state index contributed by atoms with van der Waals surface area (Å²) in [7, 11) is 6.11. The number of aromatic nitrogens is 1. The second kappa shape index (κ2) is 9.10. The van der Waals surface area contributed by atoms with Gasteiger partial charge in [0.1, 0.15) is 6.34 Å². The third-order valence-electron chi connectivity index (χ3n) is 3.34. The highest BCUT2D eigenvalue weighted by Crippen LogP contribution is 2.21. The van der Waals surface area contributed by atoms with Crippen molar-refractivity contribution in [3.05, 3.63) is 35.5 Å². The molecule has 5 nitrogen and oxygen atoms in total. The van der Waals surface area contributed by atoms with E-state index in [0.29, 0.717) is 0 Å². The van der Waals surface area contributed by atoms with Gasteiger partial charge in [0.05, 0.1) is 6.54 Å². The van der Waals surface area contributed by atoms with Crippen molar-refractivity contribution in [2.75, 3.05) is 27.7 Å². The fraction of sp³-hybridized carbons (Fsp3) is 0.471. The first-order valence-electron chi connectivity index (χ1n) is 7.79. The highest BCUT2D eigenvalue weighted by Gasteiger charge is 2.06. The fourth-order valence-electron chi connectivity index (χ4n) is 2.29. The van der Waals surface area contributed by atoms with Gasteiger partial charge < -0.3 is 15.6 Å². The van der Waals surface area contributed by atoms with Crippen LogP contribution in [-0.2, 0) is 13.0 Å². The van der Waals surface area contributed by atoms with Crippen LogP contribution in [0.1, 0.15) is 25.0 Å². The predicted molar refractivity (Wildman–Crippen MR) is 96.1 cm³/mol. The summed E-state index contributed by atoms with van der Waals surface area (Å²) in [6, 6.07) is 6.49. The van der Waals surface area contributed by atoms with Gasteiger partial charge >= 0.3 is 0 Å². The normalized spacial score (nSPS) is 11.0.